The van der Waals surface area contributed by atoms with Crippen LogP contribution in [-0.2, 0) is 23.0 Å². The van der Waals surface area contributed by atoms with Crippen LogP contribution in [0.2, 0.25) is 0 Å². The van der Waals surface area contributed by atoms with Crippen LogP contribution in [0.5, 0.6) is 11.5 Å². The minimum atomic E-state index is -3.65. The summed E-state index contributed by atoms with van der Waals surface area (Å²) in [5.74, 6) is 1.69. The van der Waals surface area contributed by atoms with E-state index in [4.69, 9.17) is 21.7 Å². The van der Waals surface area contributed by atoms with Gasteiger partial charge in [-0.25, -0.2) is 8.42 Å². The van der Waals surface area contributed by atoms with Crippen molar-refractivity contribution in [1.82, 2.24) is 14.6 Å². The van der Waals surface area contributed by atoms with E-state index in [-0.39, 0.29) is 10.0 Å². The lowest BCUT2D eigenvalue weighted by atomic mass is 10.0. The number of aromatic amines is 1. The summed E-state index contributed by atoms with van der Waals surface area (Å²) in [4.78, 5) is 5.51. The fraction of sp³-hybridized carbons (Fsp3) is 0.160. The Morgan fingerprint density at radius 1 is 0.912 bits per heavy atom. The van der Waals surface area contributed by atoms with Gasteiger partial charge in [0.15, 0.2) is 16.6 Å². The van der Waals surface area contributed by atoms with Gasteiger partial charge < -0.3 is 19.4 Å². The lowest BCUT2D eigenvalue weighted by molar-refractivity contribution is 0.174. The van der Waals surface area contributed by atoms with Gasteiger partial charge in [-0.2, -0.15) is 0 Å². The van der Waals surface area contributed by atoms with Crippen molar-refractivity contribution in [3.8, 4) is 11.5 Å². The number of hydrogen-bond donors (Lipinski definition) is 2. The Hall–Kier alpha value is -3.56. The molecule has 0 spiro atoms. The van der Waals surface area contributed by atoms with Crippen molar-refractivity contribution < 1.29 is 17.9 Å². The number of para-hydroxylation sites is 3. The summed E-state index contributed by atoms with van der Waals surface area (Å²) in [5, 5.41) is 1.46. The fourth-order valence-corrected chi connectivity index (χ4v) is 5.53. The predicted molar refractivity (Wildman–Crippen MR) is 134 cm³/mol. The highest BCUT2D eigenvalue weighted by molar-refractivity contribution is 7.91. The van der Waals surface area contributed by atoms with Gasteiger partial charge in [-0.3, -0.25) is 4.72 Å². The Morgan fingerprint density at radius 2 is 1.56 bits per heavy atom. The first-order valence-electron chi connectivity index (χ1n) is 10.8. The number of ether oxygens (including phenoxy) is 2. The number of rotatable bonds is 2. The number of H-pyrrole nitrogens is 1. The monoisotopic (exact) mass is 493 g/mol. The van der Waals surface area contributed by atoms with E-state index >= 15 is 0 Å². The van der Waals surface area contributed by atoms with Crippen LogP contribution >= 0.6 is 12.2 Å². The third-order valence-electron chi connectivity index (χ3n) is 5.72. The van der Waals surface area contributed by atoms with E-state index in [1.165, 1.54) is 10.9 Å². The number of benzene rings is 3. The second-order valence-electron chi connectivity index (χ2n) is 7.88. The standard InChI is InChI=1S/C18H17N3O2S2.C7H6O2/c22-25(23,13-6-2-1-3-7-13)20-18(24)21-11-10-15-14-8-4-5-9-16(14)19-17(15)12-21;1-2-4-7-6(3-1)8-5-9-7/h1-9,19H,10-12H2,(H,20,24);1-4H,5H2. The molecule has 174 valence electrons. The Kier molecular flexibility index (Phi) is 6.12. The van der Waals surface area contributed by atoms with Gasteiger partial charge in [0.2, 0.25) is 6.79 Å². The zero-order chi connectivity index (χ0) is 23.5. The normalized spacial score (nSPS) is 14.2. The summed E-state index contributed by atoms with van der Waals surface area (Å²) in [6.45, 7) is 1.62. The van der Waals surface area contributed by atoms with Gasteiger partial charge in [-0.1, -0.05) is 48.5 Å². The lowest BCUT2D eigenvalue weighted by Gasteiger charge is -2.29. The Morgan fingerprint density at radius 3 is 2.29 bits per heavy atom. The van der Waals surface area contributed by atoms with Crippen molar-refractivity contribution in [2.45, 2.75) is 17.9 Å². The zero-order valence-electron chi connectivity index (χ0n) is 18.2. The molecule has 0 amide bonds. The SMILES string of the molecule is O=S(=O)(NC(=S)N1CCc2c([nH]c3ccccc23)C1)c1ccccc1.c1ccc2c(c1)OCO2. The molecule has 1 aromatic heterocycles. The molecule has 9 heteroatoms. The molecule has 2 N–H and O–H groups in total. The summed E-state index contributed by atoms with van der Waals surface area (Å²) < 4.78 is 37.6. The van der Waals surface area contributed by atoms with Crippen molar-refractivity contribution >= 4 is 38.3 Å². The van der Waals surface area contributed by atoms with Gasteiger partial charge in [-0.15, -0.1) is 0 Å². The minimum Gasteiger partial charge on any atom is -0.454 e. The Labute approximate surface area is 203 Å². The van der Waals surface area contributed by atoms with E-state index < -0.39 is 10.0 Å². The van der Waals surface area contributed by atoms with Crippen LogP contribution in [0.15, 0.2) is 83.8 Å². The lowest BCUT2D eigenvalue weighted by Crippen LogP contribution is -2.44. The molecular weight excluding hydrogens is 470 g/mol. The maximum absolute atomic E-state index is 12.4. The molecule has 34 heavy (non-hydrogen) atoms. The summed E-state index contributed by atoms with van der Waals surface area (Å²) in [7, 11) is -3.65. The predicted octanol–water partition coefficient (Wildman–Crippen LogP) is 4.20. The third-order valence-corrected chi connectivity index (χ3v) is 7.57. The van der Waals surface area contributed by atoms with Gasteiger partial charge in [-0.05, 0) is 54.5 Å². The third kappa shape index (κ3) is 4.57. The van der Waals surface area contributed by atoms with E-state index in [1.807, 2.05) is 41.3 Å². The molecule has 0 atom stereocenters. The van der Waals surface area contributed by atoms with Gasteiger partial charge in [0.1, 0.15) is 0 Å². The average molecular weight is 494 g/mol. The molecule has 0 saturated carbocycles. The van der Waals surface area contributed by atoms with Crippen LogP contribution in [0.4, 0.5) is 0 Å². The molecule has 2 aliphatic rings. The molecule has 4 aromatic rings. The maximum atomic E-state index is 12.4. The minimum absolute atomic E-state index is 0.209. The molecule has 2 aliphatic heterocycles. The van der Waals surface area contributed by atoms with Crippen LogP contribution in [-0.4, -0.2) is 36.8 Å². The highest BCUT2D eigenvalue weighted by Gasteiger charge is 2.24. The summed E-state index contributed by atoms with van der Waals surface area (Å²) >= 11 is 5.35. The van der Waals surface area contributed by atoms with Crippen molar-refractivity contribution in [3.63, 3.8) is 0 Å². The van der Waals surface area contributed by atoms with Crippen molar-refractivity contribution in [3.05, 3.63) is 90.1 Å². The second-order valence-corrected chi connectivity index (χ2v) is 9.95. The van der Waals surface area contributed by atoms with Crippen molar-refractivity contribution in [1.29, 1.82) is 0 Å². The number of nitrogens with zero attached hydrogens (tertiary/aromatic N) is 1. The molecule has 0 radical (unpaired) electrons. The highest BCUT2D eigenvalue weighted by atomic mass is 32.2. The fourth-order valence-electron chi connectivity index (χ4n) is 4.05. The molecule has 6 rings (SSSR count). The van der Waals surface area contributed by atoms with E-state index in [1.54, 1.807) is 30.3 Å². The maximum Gasteiger partial charge on any atom is 0.263 e. The van der Waals surface area contributed by atoms with Gasteiger partial charge >= 0.3 is 0 Å². The van der Waals surface area contributed by atoms with E-state index in [0.717, 1.165) is 29.1 Å². The molecule has 7 nitrogen and oxygen atoms in total. The summed E-state index contributed by atoms with van der Waals surface area (Å²) in [6.07, 6.45) is 0.826. The quantitative estimate of drug-likeness (QED) is 0.407. The van der Waals surface area contributed by atoms with E-state index in [2.05, 4.69) is 21.8 Å². The number of hydrogen-bond acceptors (Lipinski definition) is 5. The zero-order valence-corrected chi connectivity index (χ0v) is 19.9. The van der Waals surface area contributed by atoms with Gasteiger partial charge in [0.05, 0.1) is 11.4 Å². The first-order valence-corrected chi connectivity index (χ1v) is 12.7. The largest absolute Gasteiger partial charge is 0.454 e. The molecule has 0 bridgehead atoms. The van der Waals surface area contributed by atoms with Gasteiger partial charge in [0.25, 0.3) is 10.0 Å². The molecule has 3 heterocycles. The van der Waals surface area contributed by atoms with Crippen molar-refractivity contribution in [2.75, 3.05) is 13.3 Å². The number of fused-ring (bicyclic) bond motifs is 4. The number of thiocarbonyl (C=S) groups is 1. The molecular formula is C25H23N3O4S2. The van der Waals surface area contributed by atoms with Crippen LogP contribution in [0.25, 0.3) is 10.9 Å². The molecule has 0 fully saturated rings. The summed E-state index contributed by atoms with van der Waals surface area (Å²) in [5.41, 5.74) is 3.49. The average Bonchev–Trinajstić information content (AvgIpc) is 3.49. The Balaban J connectivity index is 0.000000222. The number of nitrogens with one attached hydrogen (secondary N) is 2. The molecule has 0 unspecified atom stereocenters. The van der Waals surface area contributed by atoms with Crippen LogP contribution < -0.4 is 14.2 Å². The van der Waals surface area contributed by atoms with Crippen molar-refractivity contribution in [2.24, 2.45) is 0 Å². The number of sulfonamides is 1. The van der Waals surface area contributed by atoms with Crippen LogP contribution in [0.3, 0.4) is 0 Å². The molecule has 0 aliphatic carbocycles. The van der Waals surface area contributed by atoms with E-state index in [9.17, 15) is 8.42 Å². The first kappa shape index (κ1) is 22.2. The molecule has 0 saturated heterocycles. The van der Waals surface area contributed by atoms with E-state index in [0.29, 0.717) is 19.9 Å². The Bertz CT molecular complexity index is 1410. The van der Waals surface area contributed by atoms with Gasteiger partial charge in [0, 0.05) is 23.1 Å². The highest BCUT2D eigenvalue weighted by Crippen LogP contribution is 2.30. The second kappa shape index (κ2) is 9.36. The smallest absolute Gasteiger partial charge is 0.263 e. The van der Waals surface area contributed by atoms with Crippen LogP contribution in [0, 0.1) is 0 Å². The number of aromatic nitrogens is 1. The summed E-state index contributed by atoms with van der Waals surface area (Å²) in [6, 6.07) is 24.1. The van der Waals surface area contributed by atoms with Crippen LogP contribution in [0.1, 0.15) is 11.3 Å². The molecule has 3 aromatic carbocycles. The topological polar surface area (TPSA) is 83.7 Å². The first-order chi connectivity index (χ1) is 16.5.